The Morgan fingerprint density at radius 3 is 2.00 bits per heavy atom. The quantitative estimate of drug-likeness (QED) is 0.785. The van der Waals surface area contributed by atoms with Crippen molar-refractivity contribution in [3.05, 3.63) is 27.7 Å². The van der Waals surface area contributed by atoms with Crippen LogP contribution < -0.4 is 0 Å². The van der Waals surface area contributed by atoms with E-state index in [1.165, 1.54) is 38.5 Å². The van der Waals surface area contributed by atoms with Crippen LogP contribution in [-0.4, -0.2) is 10.9 Å². The van der Waals surface area contributed by atoms with E-state index in [-0.39, 0.29) is 27.0 Å². The molecule has 0 spiro atoms. The molecule has 4 aliphatic carbocycles. The topological polar surface area (TPSA) is 37.3 Å². The van der Waals surface area contributed by atoms with Gasteiger partial charge in [-0.05, 0) is 79.4 Å². The van der Waals surface area contributed by atoms with Gasteiger partial charge in [0.1, 0.15) is 5.78 Å². The largest absolute Gasteiger partial charge is 0.505 e. The number of carbonyl (C=O) groups is 1. The molecular formula is C19H22Cl2O2. The Bertz CT molecular complexity index is 594. The first-order valence-corrected chi connectivity index (χ1v) is 9.37. The van der Waals surface area contributed by atoms with Crippen molar-refractivity contribution >= 4 is 29.0 Å². The van der Waals surface area contributed by atoms with Crippen LogP contribution in [-0.2, 0) is 11.2 Å². The lowest BCUT2D eigenvalue weighted by Crippen LogP contribution is -2.47. The average molecular weight is 353 g/mol. The summed E-state index contributed by atoms with van der Waals surface area (Å²) in [6, 6.07) is 3.31. The Hall–Kier alpha value is -0.730. The molecule has 4 fully saturated rings. The molecule has 1 aromatic carbocycles. The summed E-state index contributed by atoms with van der Waals surface area (Å²) in [5.41, 5.74) is 1.07. The number of phenols is 1. The number of hydrogen-bond donors (Lipinski definition) is 1. The molecule has 0 saturated heterocycles. The molecule has 0 heterocycles. The van der Waals surface area contributed by atoms with E-state index in [4.69, 9.17) is 23.2 Å². The van der Waals surface area contributed by atoms with Crippen molar-refractivity contribution in [3.63, 3.8) is 0 Å². The van der Waals surface area contributed by atoms with Crippen LogP contribution in [0.1, 0.15) is 50.5 Å². The third kappa shape index (κ3) is 3.00. The van der Waals surface area contributed by atoms with Gasteiger partial charge >= 0.3 is 0 Å². The molecular weight excluding hydrogens is 331 g/mol. The fraction of sp³-hybridized carbons (Fsp3) is 0.632. The normalized spacial score (nSPS) is 34.8. The van der Waals surface area contributed by atoms with Crippen molar-refractivity contribution in [1.82, 2.24) is 0 Å². The van der Waals surface area contributed by atoms with Crippen molar-refractivity contribution in [2.75, 3.05) is 0 Å². The Balaban J connectivity index is 1.46. The van der Waals surface area contributed by atoms with Gasteiger partial charge in [0.25, 0.3) is 0 Å². The lowest BCUT2D eigenvalue weighted by atomic mass is 9.48. The van der Waals surface area contributed by atoms with Gasteiger partial charge in [-0.2, -0.15) is 0 Å². The van der Waals surface area contributed by atoms with Gasteiger partial charge in [0.05, 0.1) is 10.0 Å². The molecule has 0 unspecified atom stereocenters. The number of benzene rings is 1. The first-order valence-electron chi connectivity index (χ1n) is 8.61. The number of ketones is 1. The second-order valence-electron chi connectivity index (χ2n) is 8.22. The fourth-order valence-corrected chi connectivity index (χ4v) is 6.47. The molecule has 0 aromatic heterocycles. The highest BCUT2D eigenvalue weighted by Crippen LogP contribution is 2.61. The molecule has 23 heavy (non-hydrogen) atoms. The highest BCUT2D eigenvalue weighted by molar-refractivity contribution is 6.37. The summed E-state index contributed by atoms with van der Waals surface area (Å²) >= 11 is 11.9. The standard InChI is InChI=1S/C19H22Cl2O2/c20-16-5-11(6-17(21)18(16)23)4-15(22)10-19-7-12-1-13(8-19)3-14(2-12)9-19/h5-6,12-14,23H,1-4,7-10H2. The molecule has 4 bridgehead atoms. The van der Waals surface area contributed by atoms with Gasteiger partial charge in [0, 0.05) is 12.8 Å². The monoisotopic (exact) mass is 352 g/mol. The smallest absolute Gasteiger partial charge is 0.152 e. The predicted molar refractivity (Wildman–Crippen MR) is 92.1 cm³/mol. The van der Waals surface area contributed by atoms with Crippen LogP contribution in [0.2, 0.25) is 10.0 Å². The van der Waals surface area contributed by atoms with Crippen LogP contribution in [0.5, 0.6) is 5.75 Å². The molecule has 124 valence electrons. The van der Waals surface area contributed by atoms with Crippen LogP contribution in [0.25, 0.3) is 0 Å². The van der Waals surface area contributed by atoms with Gasteiger partial charge in [-0.1, -0.05) is 23.2 Å². The Morgan fingerprint density at radius 2 is 1.52 bits per heavy atom. The first-order chi connectivity index (χ1) is 10.9. The summed E-state index contributed by atoms with van der Waals surface area (Å²) < 4.78 is 0. The second-order valence-corrected chi connectivity index (χ2v) is 9.03. The van der Waals surface area contributed by atoms with E-state index in [1.807, 2.05) is 0 Å². The third-order valence-corrected chi connectivity index (χ3v) is 6.79. The molecule has 4 saturated carbocycles. The molecule has 5 rings (SSSR count). The first kappa shape index (κ1) is 15.8. The van der Waals surface area contributed by atoms with Crippen molar-refractivity contribution in [2.45, 2.75) is 51.4 Å². The SMILES string of the molecule is O=C(Cc1cc(Cl)c(O)c(Cl)c1)CC12CC3CC(CC(C3)C1)C2. The zero-order chi connectivity index (χ0) is 16.2. The number of halogens is 2. The molecule has 0 radical (unpaired) electrons. The lowest BCUT2D eigenvalue weighted by molar-refractivity contribution is -0.126. The van der Waals surface area contributed by atoms with Crippen molar-refractivity contribution in [1.29, 1.82) is 0 Å². The maximum atomic E-state index is 12.7. The Kier molecular flexibility index (Phi) is 3.89. The van der Waals surface area contributed by atoms with E-state index in [0.29, 0.717) is 12.8 Å². The number of aromatic hydroxyl groups is 1. The predicted octanol–water partition coefficient (Wildman–Crippen LogP) is 5.42. The maximum Gasteiger partial charge on any atom is 0.152 e. The molecule has 0 amide bonds. The van der Waals surface area contributed by atoms with E-state index in [1.54, 1.807) is 12.1 Å². The molecule has 0 atom stereocenters. The number of rotatable bonds is 4. The van der Waals surface area contributed by atoms with Crippen LogP contribution >= 0.6 is 23.2 Å². The summed E-state index contributed by atoms with van der Waals surface area (Å²) in [6.07, 6.45) is 9.02. The van der Waals surface area contributed by atoms with Gasteiger partial charge in [0.15, 0.2) is 5.75 Å². The number of carbonyl (C=O) groups excluding carboxylic acids is 1. The number of phenolic OH excluding ortho intramolecular Hbond substituents is 1. The van der Waals surface area contributed by atoms with Gasteiger partial charge < -0.3 is 5.11 Å². The fourth-order valence-electron chi connectivity index (χ4n) is 5.94. The van der Waals surface area contributed by atoms with Crippen molar-refractivity contribution < 1.29 is 9.90 Å². The summed E-state index contributed by atoms with van der Waals surface area (Å²) in [6.45, 7) is 0. The summed E-state index contributed by atoms with van der Waals surface area (Å²) in [5.74, 6) is 2.78. The number of hydrogen-bond acceptors (Lipinski definition) is 2. The van der Waals surface area contributed by atoms with Gasteiger partial charge in [-0.25, -0.2) is 0 Å². The highest BCUT2D eigenvalue weighted by atomic mass is 35.5. The van der Waals surface area contributed by atoms with E-state index in [2.05, 4.69) is 0 Å². The lowest BCUT2D eigenvalue weighted by Gasteiger charge is -2.56. The highest BCUT2D eigenvalue weighted by Gasteiger charge is 2.51. The van der Waals surface area contributed by atoms with Crippen molar-refractivity contribution in [3.8, 4) is 5.75 Å². The molecule has 4 aliphatic rings. The maximum absolute atomic E-state index is 12.7. The molecule has 4 heteroatoms. The van der Waals surface area contributed by atoms with E-state index in [0.717, 1.165) is 23.3 Å². The Morgan fingerprint density at radius 1 is 1.04 bits per heavy atom. The second kappa shape index (κ2) is 5.67. The summed E-state index contributed by atoms with van der Waals surface area (Å²) in [4.78, 5) is 12.7. The van der Waals surface area contributed by atoms with E-state index >= 15 is 0 Å². The van der Waals surface area contributed by atoms with Crippen LogP contribution in [0.3, 0.4) is 0 Å². The van der Waals surface area contributed by atoms with Gasteiger partial charge in [-0.3, -0.25) is 4.79 Å². The zero-order valence-electron chi connectivity index (χ0n) is 13.2. The molecule has 1 N–H and O–H groups in total. The minimum atomic E-state index is -0.106. The minimum Gasteiger partial charge on any atom is -0.505 e. The zero-order valence-corrected chi connectivity index (χ0v) is 14.7. The van der Waals surface area contributed by atoms with E-state index in [9.17, 15) is 9.90 Å². The number of Topliss-reactive ketones (excluding diaryl/α,β-unsaturated/α-hetero) is 1. The molecule has 0 aliphatic heterocycles. The molecule has 1 aromatic rings. The minimum absolute atomic E-state index is 0.106. The average Bonchev–Trinajstić information content (AvgIpc) is 2.42. The van der Waals surface area contributed by atoms with Crippen LogP contribution in [0.4, 0.5) is 0 Å². The molecule has 2 nitrogen and oxygen atoms in total. The van der Waals surface area contributed by atoms with Crippen LogP contribution in [0, 0.1) is 23.2 Å². The van der Waals surface area contributed by atoms with Gasteiger partial charge in [0.2, 0.25) is 0 Å². The van der Waals surface area contributed by atoms with E-state index < -0.39 is 0 Å². The van der Waals surface area contributed by atoms with Crippen LogP contribution in [0.15, 0.2) is 12.1 Å². The van der Waals surface area contributed by atoms with Crippen molar-refractivity contribution in [2.24, 2.45) is 23.2 Å². The summed E-state index contributed by atoms with van der Waals surface area (Å²) in [7, 11) is 0. The summed E-state index contributed by atoms with van der Waals surface area (Å²) in [5, 5.41) is 10.1. The third-order valence-electron chi connectivity index (χ3n) is 6.22. The Labute approximate surface area is 147 Å². The van der Waals surface area contributed by atoms with Gasteiger partial charge in [-0.15, -0.1) is 0 Å².